The van der Waals surface area contributed by atoms with E-state index in [1.54, 1.807) is 41.3 Å². The van der Waals surface area contributed by atoms with E-state index in [-0.39, 0.29) is 11.8 Å². The number of hydrogen-bond donors (Lipinski definition) is 1. The molecular weight excluding hydrogens is 350 g/mol. The Balaban J connectivity index is 1.70. The second-order valence-electron chi connectivity index (χ2n) is 6.03. The van der Waals surface area contributed by atoms with Crippen molar-refractivity contribution in [2.24, 2.45) is 4.99 Å². The topological polar surface area (TPSA) is 61.8 Å². The highest BCUT2D eigenvalue weighted by atomic mass is 16.2. The molecule has 1 fully saturated rings. The Morgan fingerprint density at radius 1 is 1.18 bits per heavy atom. The maximum Gasteiger partial charge on any atom is 0.255 e. The van der Waals surface area contributed by atoms with Crippen molar-refractivity contribution in [3.05, 3.63) is 85.1 Å². The Labute approximate surface area is 164 Å². The number of allylic oxidation sites excluding steroid dienone is 1. The van der Waals surface area contributed by atoms with E-state index < -0.39 is 0 Å². The van der Waals surface area contributed by atoms with Gasteiger partial charge in [0.05, 0.1) is 0 Å². The largest absolute Gasteiger partial charge is 0.322 e. The van der Waals surface area contributed by atoms with Crippen molar-refractivity contribution in [3.63, 3.8) is 0 Å². The summed E-state index contributed by atoms with van der Waals surface area (Å²) in [5.74, 6) is 5.72. The number of rotatable bonds is 5. The van der Waals surface area contributed by atoms with E-state index in [9.17, 15) is 9.59 Å². The molecule has 1 aliphatic heterocycles. The third-order valence-corrected chi connectivity index (χ3v) is 4.17. The number of β-lactam (4-membered cyclic amide) rings is 1. The molecule has 5 nitrogen and oxygen atoms in total. The van der Waals surface area contributed by atoms with Crippen LogP contribution < -0.4 is 10.2 Å². The molecule has 1 aliphatic rings. The minimum Gasteiger partial charge on any atom is -0.322 e. The van der Waals surface area contributed by atoms with E-state index in [2.05, 4.69) is 35.3 Å². The van der Waals surface area contributed by atoms with Gasteiger partial charge in [-0.05, 0) is 54.5 Å². The summed E-state index contributed by atoms with van der Waals surface area (Å²) in [6.45, 7) is 7.92. The van der Waals surface area contributed by atoms with Gasteiger partial charge in [-0.2, -0.15) is 0 Å². The molecule has 0 saturated carbocycles. The van der Waals surface area contributed by atoms with E-state index in [1.807, 2.05) is 18.2 Å². The van der Waals surface area contributed by atoms with Gasteiger partial charge in [0.1, 0.15) is 5.71 Å². The molecule has 0 unspecified atom stereocenters. The number of aliphatic imine (C=N–C) groups is 1. The summed E-state index contributed by atoms with van der Waals surface area (Å²) < 4.78 is 0. The molecule has 2 aromatic rings. The average molecular weight is 369 g/mol. The molecule has 1 N–H and O–H groups in total. The van der Waals surface area contributed by atoms with E-state index in [4.69, 9.17) is 0 Å². The highest BCUT2D eigenvalue weighted by Crippen LogP contribution is 2.23. The summed E-state index contributed by atoms with van der Waals surface area (Å²) >= 11 is 0. The third kappa shape index (κ3) is 4.43. The second-order valence-corrected chi connectivity index (χ2v) is 6.03. The van der Waals surface area contributed by atoms with Crippen LogP contribution in [0.4, 0.5) is 11.4 Å². The first-order valence-corrected chi connectivity index (χ1v) is 8.75. The Kier molecular flexibility index (Phi) is 5.83. The lowest BCUT2D eigenvalue weighted by Crippen LogP contribution is -2.43. The van der Waals surface area contributed by atoms with Gasteiger partial charge in [-0.3, -0.25) is 9.59 Å². The molecule has 0 aliphatic carbocycles. The molecule has 0 bridgehead atoms. The molecule has 3 rings (SSSR count). The van der Waals surface area contributed by atoms with Crippen LogP contribution in [0.2, 0.25) is 0 Å². The van der Waals surface area contributed by atoms with Crippen LogP contribution >= 0.6 is 0 Å². The number of benzene rings is 2. The molecule has 0 atom stereocenters. The van der Waals surface area contributed by atoms with Gasteiger partial charge in [-0.15, -0.1) is 0 Å². The lowest BCUT2D eigenvalue weighted by atomic mass is 10.1. The standard InChI is InChI=1S/C23H19N3O2/c1-3-19(24-4-2)9-8-17-6-5-7-18(16-17)23(28)25-20-10-12-21(13-11-20)26-15-14-22(26)27/h3-7,10-13,16H,1-2,14-15H2,(H,25,28). The van der Waals surface area contributed by atoms with E-state index >= 15 is 0 Å². The molecule has 2 amide bonds. The zero-order valence-electron chi connectivity index (χ0n) is 15.3. The van der Waals surface area contributed by atoms with Crippen LogP contribution in [0.3, 0.4) is 0 Å². The van der Waals surface area contributed by atoms with Gasteiger partial charge in [0.15, 0.2) is 0 Å². The molecule has 1 saturated heterocycles. The molecule has 138 valence electrons. The molecule has 0 radical (unpaired) electrons. The predicted molar refractivity (Wildman–Crippen MR) is 113 cm³/mol. The van der Waals surface area contributed by atoms with Crippen LogP contribution in [-0.4, -0.2) is 24.1 Å². The van der Waals surface area contributed by atoms with Gasteiger partial charge >= 0.3 is 0 Å². The summed E-state index contributed by atoms with van der Waals surface area (Å²) in [6, 6.07) is 14.2. The van der Waals surface area contributed by atoms with E-state index in [1.165, 1.54) is 6.20 Å². The second kappa shape index (κ2) is 8.65. The van der Waals surface area contributed by atoms with Gasteiger partial charge in [-0.25, -0.2) is 4.99 Å². The normalized spacial score (nSPS) is 13.1. The molecular formula is C23H19N3O2. The molecule has 0 aromatic heterocycles. The first-order valence-electron chi connectivity index (χ1n) is 8.75. The Morgan fingerprint density at radius 3 is 2.57 bits per heavy atom. The van der Waals surface area contributed by atoms with E-state index in [0.717, 1.165) is 12.2 Å². The van der Waals surface area contributed by atoms with E-state index in [0.29, 0.717) is 28.9 Å². The number of nitrogens with zero attached hydrogens (tertiary/aromatic N) is 2. The summed E-state index contributed by atoms with van der Waals surface area (Å²) in [4.78, 5) is 29.7. The van der Waals surface area contributed by atoms with Crippen LogP contribution in [0.25, 0.3) is 0 Å². The van der Waals surface area contributed by atoms with Crippen molar-refractivity contribution in [3.8, 4) is 11.8 Å². The fraction of sp³-hybridized carbons (Fsp3) is 0.0870. The lowest BCUT2D eigenvalue weighted by molar-refractivity contribution is -0.122. The first-order chi connectivity index (χ1) is 13.6. The molecule has 1 heterocycles. The van der Waals surface area contributed by atoms with Crippen molar-refractivity contribution in [1.29, 1.82) is 0 Å². The summed E-state index contributed by atoms with van der Waals surface area (Å²) in [5.41, 5.74) is 3.19. The molecule has 28 heavy (non-hydrogen) atoms. The number of nitrogens with one attached hydrogen (secondary N) is 1. The highest BCUT2D eigenvalue weighted by molar-refractivity contribution is 6.09. The molecule has 2 aromatic carbocycles. The SMILES string of the molecule is C=CN=C(C#Cc1cccc(C(=O)Nc2ccc(N3CCC3=O)cc2)c1)C=C. The minimum atomic E-state index is -0.236. The van der Waals surface area contributed by atoms with Gasteiger partial charge < -0.3 is 10.2 Å². The first kappa shape index (κ1) is 18.9. The fourth-order valence-electron chi connectivity index (χ4n) is 2.62. The number of carbonyl (C=O) groups excluding carboxylic acids is 2. The Morgan fingerprint density at radius 2 is 1.96 bits per heavy atom. The molecule has 0 spiro atoms. The van der Waals surface area contributed by atoms with Crippen LogP contribution in [0, 0.1) is 11.8 Å². The lowest BCUT2D eigenvalue weighted by Gasteiger charge is -2.30. The monoisotopic (exact) mass is 369 g/mol. The quantitative estimate of drug-likeness (QED) is 0.495. The number of amides is 2. The van der Waals surface area contributed by atoms with Gasteiger partial charge in [0.2, 0.25) is 5.91 Å². The maximum absolute atomic E-state index is 12.5. The Hall–Kier alpha value is -3.91. The number of carbonyl (C=O) groups is 2. The smallest absolute Gasteiger partial charge is 0.255 e. The zero-order valence-corrected chi connectivity index (χ0v) is 15.3. The Bertz CT molecular complexity index is 1020. The van der Waals surface area contributed by atoms with Crippen molar-refractivity contribution in [1.82, 2.24) is 0 Å². The van der Waals surface area contributed by atoms with Crippen LogP contribution in [0.5, 0.6) is 0 Å². The van der Waals surface area contributed by atoms with Gasteiger partial charge in [0, 0.05) is 41.7 Å². The summed E-state index contributed by atoms with van der Waals surface area (Å²) in [5, 5.41) is 2.85. The van der Waals surface area contributed by atoms with Crippen LogP contribution in [0.1, 0.15) is 22.3 Å². The highest BCUT2D eigenvalue weighted by Gasteiger charge is 2.24. The van der Waals surface area contributed by atoms with Crippen LogP contribution in [-0.2, 0) is 4.79 Å². The molecule has 5 heteroatoms. The maximum atomic E-state index is 12.5. The summed E-state index contributed by atoms with van der Waals surface area (Å²) in [7, 11) is 0. The number of hydrogen-bond acceptors (Lipinski definition) is 3. The average Bonchev–Trinajstić information content (AvgIpc) is 2.71. The van der Waals surface area contributed by atoms with Gasteiger partial charge in [-0.1, -0.05) is 25.1 Å². The van der Waals surface area contributed by atoms with Crippen molar-refractivity contribution in [2.75, 3.05) is 16.8 Å². The predicted octanol–water partition coefficient (Wildman–Crippen LogP) is 3.80. The van der Waals surface area contributed by atoms with Crippen molar-refractivity contribution in [2.45, 2.75) is 6.42 Å². The minimum absolute atomic E-state index is 0.118. The third-order valence-electron chi connectivity index (χ3n) is 4.17. The summed E-state index contributed by atoms with van der Waals surface area (Å²) in [6.07, 6.45) is 3.53. The van der Waals surface area contributed by atoms with Crippen LogP contribution in [0.15, 0.2) is 79.0 Å². The van der Waals surface area contributed by atoms with Crippen molar-refractivity contribution >= 4 is 28.9 Å². The number of anilines is 2. The fourth-order valence-corrected chi connectivity index (χ4v) is 2.62. The van der Waals surface area contributed by atoms with Crippen molar-refractivity contribution < 1.29 is 9.59 Å². The zero-order chi connectivity index (χ0) is 19.9. The van der Waals surface area contributed by atoms with Gasteiger partial charge in [0.25, 0.3) is 5.91 Å².